The van der Waals surface area contributed by atoms with Crippen LogP contribution in [-0.2, 0) is 9.47 Å². The second kappa shape index (κ2) is 9.62. The average Bonchev–Trinajstić information content (AvgIpc) is 2.38. The van der Waals surface area contributed by atoms with Gasteiger partial charge >= 0.3 is 12.2 Å². The van der Waals surface area contributed by atoms with Crippen LogP contribution in [0, 0.1) is 0 Å². The molecule has 0 aliphatic carbocycles. The molecule has 2 amide bonds. The molecule has 2 N–H and O–H groups in total. The first-order valence-electron chi connectivity index (χ1n) is 8.71. The van der Waals surface area contributed by atoms with Gasteiger partial charge in [0.05, 0.1) is 0 Å². The lowest BCUT2D eigenvalue weighted by molar-refractivity contribution is 0.0517. The fourth-order valence-electron chi connectivity index (χ4n) is 1.48. The van der Waals surface area contributed by atoms with Crippen molar-refractivity contribution in [3.8, 4) is 0 Å². The minimum atomic E-state index is -0.508. The molecule has 0 heterocycles. The molecule has 0 saturated carbocycles. The summed E-state index contributed by atoms with van der Waals surface area (Å²) in [6, 6.07) is 0. The molecule has 146 valence electrons. The summed E-state index contributed by atoms with van der Waals surface area (Å²) in [5, 5.41) is 5.61. The minimum absolute atomic E-state index is 0.190. The topological polar surface area (TPSA) is 76.7 Å². The SMILES string of the molecule is BC(B)(CNC(=O)OC(C)(C)C)SSC(B)(B)CNC(=O)OC(C)(C)C. The lowest BCUT2D eigenvalue weighted by Crippen LogP contribution is -2.45. The van der Waals surface area contributed by atoms with E-state index >= 15 is 0 Å². The summed E-state index contributed by atoms with van der Waals surface area (Å²) in [7, 11) is 11.5. The predicted octanol–water partition coefficient (Wildman–Crippen LogP) is -0.743. The van der Waals surface area contributed by atoms with E-state index in [4.69, 9.17) is 9.47 Å². The predicted molar refractivity (Wildman–Crippen MR) is 123 cm³/mol. The van der Waals surface area contributed by atoms with E-state index in [-0.39, 0.29) is 9.09 Å². The molecule has 6 nitrogen and oxygen atoms in total. The molecule has 0 saturated heterocycles. The van der Waals surface area contributed by atoms with E-state index in [1.807, 2.05) is 41.5 Å². The largest absolute Gasteiger partial charge is 0.444 e. The molecule has 0 rings (SSSR count). The van der Waals surface area contributed by atoms with Gasteiger partial charge in [0, 0.05) is 13.1 Å². The number of rotatable bonds is 7. The molecule has 12 heteroatoms. The van der Waals surface area contributed by atoms with Crippen molar-refractivity contribution < 1.29 is 19.1 Å². The lowest BCUT2D eigenvalue weighted by atomic mass is 9.69. The summed E-state index contributed by atoms with van der Waals surface area (Å²) >= 11 is 0. The van der Waals surface area contributed by atoms with Gasteiger partial charge in [0.1, 0.15) is 42.6 Å². The molecule has 0 unspecified atom stereocenters. The number of amides is 2. The van der Waals surface area contributed by atoms with Crippen molar-refractivity contribution >= 4 is 65.2 Å². The van der Waals surface area contributed by atoms with E-state index in [1.54, 1.807) is 21.6 Å². The zero-order chi connectivity index (χ0) is 20.8. The maximum Gasteiger partial charge on any atom is 0.407 e. The van der Waals surface area contributed by atoms with Gasteiger partial charge in [-0.15, -0.1) is 21.6 Å². The smallest absolute Gasteiger partial charge is 0.407 e. The molecular formula is C14H32B4N2O4S2. The summed E-state index contributed by atoms with van der Waals surface area (Å²) in [4.78, 5) is 23.6. The number of carbonyl (C=O) groups excluding carboxylic acids is 2. The number of hydrogen-bond donors (Lipinski definition) is 2. The Morgan fingerprint density at radius 3 is 1.23 bits per heavy atom. The Hall–Kier alpha value is -0.500. The third-order valence-corrected chi connectivity index (χ3v) is 6.84. The highest BCUT2D eigenvalue weighted by Crippen LogP contribution is 2.38. The molecule has 0 aliphatic rings. The number of carbonyl (C=O) groups is 2. The molecule has 0 spiro atoms. The van der Waals surface area contributed by atoms with Crippen LogP contribution in [0.5, 0.6) is 0 Å². The van der Waals surface area contributed by atoms with Crippen LogP contribution in [0.4, 0.5) is 9.59 Å². The van der Waals surface area contributed by atoms with E-state index in [0.717, 1.165) is 0 Å². The van der Waals surface area contributed by atoms with Crippen LogP contribution in [0.1, 0.15) is 41.5 Å². The maximum absolute atomic E-state index is 11.8. The van der Waals surface area contributed by atoms with Crippen molar-refractivity contribution in [1.29, 1.82) is 0 Å². The Bertz CT molecular complexity index is 450. The molecule has 0 fully saturated rings. The summed E-state index contributed by atoms with van der Waals surface area (Å²) in [5.41, 5.74) is -1.02. The first kappa shape index (κ1) is 25.5. The van der Waals surface area contributed by atoms with Gasteiger partial charge in [0.15, 0.2) is 0 Å². The van der Waals surface area contributed by atoms with E-state index in [1.165, 1.54) is 0 Å². The molecule has 0 atom stereocenters. The van der Waals surface area contributed by atoms with Gasteiger partial charge < -0.3 is 20.1 Å². The standard InChI is InChI=1S/C14H32B4N2O4S2/c1-11(2,3)23-9(21)19-7-13(15,16)25-26-14(17,18)8-20-10(22)24-12(4,5)6/h7-8,15-18H2,1-6H3,(H,19,21)(H,20,22). The molecule has 0 radical (unpaired) electrons. The maximum atomic E-state index is 11.8. The fraction of sp³-hybridized carbons (Fsp3) is 0.857. The van der Waals surface area contributed by atoms with Crippen LogP contribution < -0.4 is 10.6 Å². The third kappa shape index (κ3) is 14.6. The number of nitrogens with one attached hydrogen (secondary N) is 2. The van der Waals surface area contributed by atoms with Crippen molar-refractivity contribution in [3.63, 3.8) is 0 Å². The van der Waals surface area contributed by atoms with Crippen LogP contribution in [0.3, 0.4) is 0 Å². The quantitative estimate of drug-likeness (QED) is 0.434. The van der Waals surface area contributed by atoms with Gasteiger partial charge in [-0.05, 0) is 50.6 Å². The first-order chi connectivity index (χ1) is 11.4. The molecule has 0 aliphatic heterocycles. The number of alkyl carbamates (subject to hydrolysis) is 2. The molecule has 0 bridgehead atoms. The minimum Gasteiger partial charge on any atom is -0.444 e. The van der Waals surface area contributed by atoms with Gasteiger partial charge in [-0.1, -0.05) is 0 Å². The van der Waals surface area contributed by atoms with Crippen molar-refractivity contribution in [1.82, 2.24) is 10.6 Å². The van der Waals surface area contributed by atoms with E-state index in [9.17, 15) is 9.59 Å². The molecule has 0 aromatic carbocycles. The van der Waals surface area contributed by atoms with Gasteiger partial charge in [0.2, 0.25) is 0 Å². The van der Waals surface area contributed by atoms with E-state index < -0.39 is 23.4 Å². The number of hydrogen-bond acceptors (Lipinski definition) is 6. The molecule has 0 aromatic rings. The van der Waals surface area contributed by atoms with Crippen molar-refractivity contribution in [2.24, 2.45) is 0 Å². The zero-order valence-electron chi connectivity index (χ0n) is 17.9. The van der Waals surface area contributed by atoms with Crippen molar-refractivity contribution in [2.75, 3.05) is 13.1 Å². The summed E-state index contributed by atoms with van der Waals surface area (Å²) in [5.74, 6) is 0. The summed E-state index contributed by atoms with van der Waals surface area (Å²) in [6.45, 7) is 12.0. The Labute approximate surface area is 169 Å². The van der Waals surface area contributed by atoms with E-state index in [2.05, 4.69) is 42.0 Å². The normalized spacial score (nSPS) is 13.0. The molecular weight excluding hydrogens is 368 g/mol. The highest BCUT2D eigenvalue weighted by atomic mass is 33.1. The van der Waals surface area contributed by atoms with Gasteiger partial charge in [0.25, 0.3) is 0 Å². The van der Waals surface area contributed by atoms with Crippen LogP contribution in [0.2, 0.25) is 0 Å². The second-order valence-electron chi connectivity index (χ2n) is 9.40. The van der Waals surface area contributed by atoms with Gasteiger partial charge in [-0.3, -0.25) is 0 Å². The Morgan fingerprint density at radius 1 is 0.731 bits per heavy atom. The summed E-state index contributed by atoms with van der Waals surface area (Å²) < 4.78 is 10.1. The molecule has 26 heavy (non-hydrogen) atoms. The van der Waals surface area contributed by atoms with Crippen molar-refractivity contribution in [3.05, 3.63) is 0 Å². The fourth-order valence-corrected chi connectivity index (χ4v) is 3.90. The molecule has 0 aromatic heterocycles. The monoisotopic (exact) mass is 400 g/mol. The highest BCUT2D eigenvalue weighted by Gasteiger charge is 2.28. The van der Waals surface area contributed by atoms with Crippen LogP contribution in [0.25, 0.3) is 0 Å². The number of ether oxygens (including phenoxy) is 2. The van der Waals surface area contributed by atoms with Crippen LogP contribution in [0.15, 0.2) is 0 Å². The zero-order valence-corrected chi connectivity index (χ0v) is 19.5. The second-order valence-corrected chi connectivity index (χ2v) is 12.9. The Kier molecular flexibility index (Phi) is 9.44. The van der Waals surface area contributed by atoms with Crippen LogP contribution in [-0.4, -0.2) is 77.0 Å². The van der Waals surface area contributed by atoms with Gasteiger partial charge in [-0.2, -0.15) is 0 Å². The summed E-state index contributed by atoms with van der Waals surface area (Å²) in [6.07, 6.45) is -0.830. The third-order valence-electron chi connectivity index (χ3n) is 2.61. The Balaban J connectivity index is 4.33. The van der Waals surface area contributed by atoms with Crippen LogP contribution >= 0.6 is 21.6 Å². The average molecular weight is 400 g/mol. The van der Waals surface area contributed by atoms with Crippen molar-refractivity contribution in [2.45, 2.75) is 61.8 Å². The first-order valence-corrected chi connectivity index (χ1v) is 10.9. The lowest BCUT2D eigenvalue weighted by Gasteiger charge is -2.31. The Morgan fingerprint density at radius 2 is 1.00 bits per heavy atom. The highest BCUT2D eigenvalue weighted by molar-refractivity contribution is 8.78. The van der Waals surface area contributed by atoms with Gasteiger partial charge in [-0.25, -0.2) is 9.59 Å². The van der Waals surface area contributed by atoms with E-state index in [0.29, 0.717) is 13.1 Å².